The van der Waals surface area contributed by atoms with Crippen molar-refractivity contribution in [2.24, 2.45) is 13.0 Å². The lowest BCUT2D eigenvalue weighted by Gasteiger charge is -2.37. The molecule has 0 aliphatic carbocycles. The average molecular weight is 466 g/mol. The number of fused-ring (bicyclic) bond motifs is 1. The lowest BCUT2D eigenvalue weighted by atomic mass is 9.99. The first-order chi connectivity index (χ1) is 15.0. The number of rotatable bonds is 7. The van der Waals surface area contributed by atoms with Gasteiger partial charge < -0.3 is 24.2 Å². The third-order valence-electron chi connectivity index (χ3n) is 5.42. The number of benzene rings is 1. The molecular weight excluding hydrogens is 434 g/mol. The summed E-state index contributed by atoms with van der Waals surface area (Å²) in [4.78, 5) is 20.9. The first kappa shape index (κ1) is 24.0. The zero-order chi connectivity index (χ0) is 23.6. The summed E-state index contributed by atoms with van der Waals surface area (Å²) < 4.78 is 35.6. The number of likely N-dealkylation sites (N-methyl/N-ethyl adjacent to an activating group) is 1. The van der Waals surface area contributed by atoms with E-state index in [1.54, 1.807) is 31.0 Å². The number of imidazole rings is 1. The van der Waals surface area contributed by atoms with Gasteiger partial charge >= 0.3 is 0 Å². The number of carbonyl (C=O) groups excluding carboxylic acids is 1. The van der Waals surface area contributed by atoms with Gasteiger partial charge in [0.2, 0.25) is 0 Å². The van der Waals surface area contributed by atoms with Gasteiger partial charge in [-0.25, -0.2) is 4.98 Å². The average Bonchev–Trinajstić information content (AvgIpc) is 3.17. The van der Waals surface area contributed by atoms with Crippen molar-refractivity contribution in [2.45, 2.75) is 31.0 Å². The van der Waals surface area contributed by atoms with E-state index < -0.39 is 16.1 Å². The van der Waals surface area contributed by atoms with E-state index in [1.807, 2.05) is 25.9 Å². The number of carbonyl (C=O) groups is 1. The zero-order valence-corrected chi connectivity index (χ0v) is 19.8. The van der Waals surface area contributed by atoms with E-state index in [2.05, 4.69) is 9.71 Å². The van der Waals surface area contributed by atoms with E-state index in [0.29, 0.717) is 18.8 Å². The smallest absolute Gasteiger partial charge is 0.280 e. The van der Waals surface area contributed by atoms with Gasteiger partial charge in [0.05, 0.1) is 24.5 Å². The Bertz CT molecular complexity index is 1070. The highest BCUT2D eigenvalue weighted by molar-refractivity contribution is 7.92. The van der Waals surface area contributed by atoms with Crippen LogP contribution in [-0.2, 0) is 17.1 Å². The van der Waals surface area contributed by atoms with Crippen LogP contribution in [-0.4, -0.2) is 84.7 Å². The Labute approximate surface area is 188 Å². The molecule has 0 unspecified atom stereocenters. The van der Waals surface area contributed by atoms with E-state index in [1.165, 1.54) is 23.2 Å². The van der Waals surface area contributed by atoms with Gasteiger partial charge in [-0.1, -0.05) is 6.92 Å². The van der Waals surface area contributed by atoms with E-state index >= 15 is 0 Å². The monoisotopic (exact) mass is 465 g/mol. The number of aliphatic hydroxyl groups excluding tert-OH is 1. The second-order valence-corrected chi connectivity index (χ2v) is 10.2. The van der Waals surface area contributed by atoms with Gasteiger partial charge in [0.1, 0.15) is 11.9 Å². The maximum atomic E-state index is 13.4. The SMILES string of the molecule is C[C@@H]1CN([C@H](C)CO)C(=O)c2cc(NS(=O)(=O)c3cn(C)cn3)ccc2O[C@H]1CN(C)C. The minimum absolute atomic E-state index is 0.0193. The number of aryl methyl sites for hydroxylation is 1. The molecule has 3 atom stereocenters. The predicted octanol–water partition coefficient (Wildman–Crippen LogP) is 1.00. The van der Waals surface area contributed by atoms with Crippen LogP contribution >= 0.6 is 0 Å². The molecule has 0 radical (unpaired) electrons. The molecule has 10 nitrogen and oxygen atoms in total. The number of aliphatic hydroxyl groups is 1. The fourth-order valence-electron chi connectivity index (χ4n) is 3.60. The van der Waals surface area contributed by atoms with Crippen molar-refractivity contribution in [3.63, 3.8) is 0 Å². The van der Waals surface area contributed by atoms with Crippen molar-refractivity contribution >= 4 is 21.6 Å². The summed E-state index contributed by atoms with van der Waals surface area (Å²) in [5.41, 5.74) is 0.461. The van der Waals surface area contributed by atoms with Gasteiger partial charge in [-0.05, 0) is 39.2 Å². The van der Waals surface area contributed by atoms with Crippen LogP contribution in [0.3, 0.4) is 0 Å². The summed E-state index contributed by atoms with van der Waals surface area (Å²) in [6.45, 7) is 4.66. The number of anilines is 1. The molecule has 2 aromatic rings. The Balaban J connectivity index is 2.00. The van der Waals surface area contributed by atoms with Gasteiger partial charge in [0.25, 0.3) is 15.9 Å². The molecule has 1 aromatic heterocycles. The van der Waals surface area contributed by atoms with Gasteiger partial charge in [-0.15, -0.1) is 0 Å². The quantitative estimate of drug-likeness (QED) is 0.627. The molecule has 0 saturated heterocycles. The molecule has 176 valence electrons. The number of aromatic nitrogens is 2. The number of hydrogen-bond donors (Lipinski definition) is 2. The summed E-state index contributed by atoms with van der Waals surface area (Å²) in [5.74, 6) is 0.0748. The van der Waals surface area contributed by atoms with Gasteiger partial charge in [0.15, 0.2) is 5.03 Å². The van der Waals surface area contributed by atoms with E-state index in [4.69, 9.17) is 4.74 Å². The summed E-state index contributed by atoms with van der Waals surface area (Å²) in [6.07, 6.45) is 2.59. The third kappa shape index (κ3) is 5.22. The molecule has 0 bridgehead atoms. The van der Waals surface area contributed by atoms with Crippen LogP contribution in [0, 0.1) is 5.92 Å². The second-order valence-electron chi connectivity index (χ2n) is 8.58. The first-order valence-corrected chi connectivity index (χ1v) is 11.9. The molecular formula is C21H31N5O5S. The van der Waals surface area contributed by atoms with E-state index in [-0.39, 0.29) is 40.8 Å². The van der Waals surface area contributed by atoms with Gasteiger partial charge in [0, 0.05) is 37.9 Å². The Morgan fingerprint density at radius 3 is 2.69 bits per heavy atom. The molecule has 1 aromatic carbocycles. The van der Waals surface area contributed by atoms with Crippen molar-refractivity contribution in [2.75, 3.05) is 38.5 Å². The number of amides is 1. The normalized spacial score (nSPS) is 20.3. The summed E-state index contributed by atoms with van der Waals surface area (Å²) in [7, 11) is 1.66. The molecule has 2 N–H and O–H groups in total. The molecule has 0 saturated carbocycles. The molecule has 3 rings (SSSR count). The van der Waals surface area contributed by atoms with Crippen molar-refractivity contribution in [1.29, 1.82) is 0 Å². The largest absolute Gasteiger partial charge is 0.488 e. The number of nitrogens with one attached hydrogen (secondary N) is 1. The second kappa shape index (κ2) is 9.47. The summed E-state index contributed by atoms with van der Waals surface area (Å²) in [5, 5.41) is 9.59. The predicted molar refractivity (Wildman–Crippen MR) is 120 cm³/mol. The molecule has 32 heavy (non-hydrogen) atoms. The summed E-state index contributed by atoms with van der Waals surface area (Å²) in [6, 6.07) is 4.24. The Morgan fingerprint density at radius 2 is 2.09 bits per heavy atom. The molecule has 11 heteroatoms. The Hall–Kier alpha value is -2.63. The number of ether oxygens (including phenoxy) is 1. The maximum Gasteiger partial charge on any atom is 0.280 e. The molecule has 1 aliphatic rings. The van der Waals surface area contributed by atoms with Gasteiger partial charge in [-0.2, -0.15) is 8.42 Å². The van der Waals surface area contributed by atoms with Crippen molar-refractivity contribution < 1.29 is 23.1 Å². The Kier molecular flexibility index (Phi) is 7.11. The fraction of sp³-hybridized carbons (Fsp3) is 0.524. The van der Waals surface area contributed by atoms with E-state index in [0.717, 1.165) is 0 Å². The highest BCUT2D eigenvalue weighted by Gasteiger charge is 2.33. The highest BCUT2D eigenvalue weighted by Crippen LogP contribution is 2.31. The van der Waals surface area contributed by atoms with Crippen LogP contribution in [0.15, 0.2) is 35.7 Å². The molecule has 0 spiro atoms. The van der Waals surface area contributed by atoms with Crippen molar-refractivity contribution in [3.8, 4) is 5.75 Å². The number of sulfonamides is 1. The van der Waals surface area contributed by atoms with Crippen LogP contribution in [0.25, 0.3) is 0 Å². The lowest BCUT2D eigenvalue weighted by molar-refractivity contribution is 0.0363. The van der Waals surface area contributed by atoms with Crippen LogP contribution in [0.4, 0.5) is 5.69 Å². The van der Waals surface area contributed by atoms with Crippen LogP contribution in [0.1, 0.15) is 24.2 Å². The first-order valence-electron chi connectivity index (χ1n) is 10.4. The standard InChI is InChI=1S/C21H31N5O5S/c1-14-9-26(15(2)12-27)21(28)17-8-16(6-7-18(17)31-19(14)10-24(3)4)23-32(29,30)20-11-25(5)13-22-20/h6-8,11,13-15,19,23,27H,9-10,12H2,1-5H3/t14-,15-,19+/m1/s1. The van der Waals surface area contributed by atoms with Crippen molar-refractivity contribution in [1.82, 2.24) is 19.4 Å². The number of hydrogen-bond acceptors (Lipinski definition) is 7. The minimum atomic E-state index is -3.92. The Morgan fingerprint density at radius 1 is 1.38 bits per heavy atom. The molecule has 1 amide bonds. The van der Waals surface area contributed by atoms with Gasteiger partial charge in [-0.3, -0.25) is 9.52 Å². The third-order valence-corrected chi connectivity index (χ3v) is 6.68. The maximum absolute atomic E-state index is 13.4. The van der Waals surface area contributed by atoms with Crippen LogP contribution in [0.5, 0.6) is 5.75 Å². The topological polar surface area (TPSA) is 117 Å². The minimum Gasteiger partial charge on any atom is -0.488 e. The highest BCUT2D eigenvalue weighted by atomic mass is 32.2. The molecule has 2 heterocycles. The number of nitrogens with zero attached hydrogens (tertiary/aromatic N) is 4. The molecule has 0 fully saturated rings. The van der Waals surface area contributed by atoms with Crippen LogP contribution < -0.4 is 9.46 Å². The lowest BCUT2D eigenvalue weighted by Crippen LogP contribution is -2.49. The zero-order valence-electron chi connectivity index (χ0n) is 19.0. The summed E-state index contributed by atoms with van der Waals surface area (Å²) >= 11 is 0. The van der Waals surface area contributed by atoms with Crippen molar-refractivity contribution in [3.05, 3.63) is 36.3 Å². The fourth-order valence-corrected chi connectivity index (χ4v) is 4.63. The van der Waals surface area contributed by atoms with Crippen LogP contribution in [0.2, 0.25) is 0 Å². The van der Waals surface area contributed by atoms with E-state index in [9.17, 15) is 18.3 Å². The molecule has 1 aliphatic heterocycles.